The first-order valence-corrected chi connectivity index (χ1v) is 13.3. The van der Waals surface area contributed by atoms with Crippen molar-refractivity contribution < 1.29 is 8.83 Å². The van der Waals surface area contributed by atoms with Gasteiger partial charge in [0.1, 0.15) is 22.3 Å². The van der Waals surface area contributed by atoms with E-state index >= 15 is 0 Å². The highest BCUT2D eigenvalue weighted by atomic mass is 16.3. The van der Waals surface area contributed by atoms with Gasteiger partial charge in [-0.1, -0.05) is 62.4 Å². The van der Waals surface area contributed by atoms with E-state index in [0.717, 1.165) is 17.1 Å². The van der Waals surface area contributed by atoms with Crippen LogP contribution in [0.1, 0.15) is 25.0 Å². The number of rotatable bonds is 1. The number of anilines is 3. The van der Waals surface area contributed by atoms with Crippen molar-refractivity contribution in [3.05, 3.63) is 135 Å². The van der Waals surface area contributed by atoms with E-state index in [0.29, 0.717) is 43.9 Å². The van der Waals surface area contributed by atoms with Crippen molar-refractivity contribution in [1.29, 1.82) is 0 Å². The summed E-state index contributed by atoms with van der Waals surface area (Å²) in [6.45, 7) is 4.50. The summed E-state index contributed by atoms with van der Waals surface area (Å²) in [6.07, 6.45) is 0. The van der Waals surface area contributed by atoms with Gasteiger partial charge in [-0.25, -0.2) is 0 Å². The third kappa shape index (κ3) is 3.03. The van der Waals surface area contributed by atoms with Gasteiger partial charge in [0, 0.05) is 17.2 Å². The second-order valence-corrected chi connectivity index (χ2v) is 10.9. The molecule has 0 bridgehead atoms. The quantitative estimate of drug-likeness (QED) is 0.203. The monoisotopic (exact) mass is 521 g/mol. The van der Waals surface area contributed by atoms with Crippen LogP contribution in [0.5, 0.6) is 0 Å². The average molecular weight is 522 g/mol. The van der Waals surface area contributed by atoms with E-state index in [9.17, 15) is 9.59 Å². The van der Waals surface area contributed by atoms with E-state index in [1.54, 1.807) is 30.3 Å². The zero-order chi connectivity index (χ0) is 27.2. The maximum absolute atomic E-state index is 13.7. The van der Waals surface area contributed by atoms with E-state index < -0.39 is 0 Å². The Balaban J connectivity index is 1.39. The van der Waals surface area contributed by atoms with Crippen molar-refractivity contribution >= 4 is 60.9 Å². The normalized spacial score (nSPS) is 14.1. The Kier molecular flexibility index (Phi) is 4.52. The molecule has 0 atom stereocenters. The molecule has 0 radical (unpaired) electrons. The van der Waals surface area contributed by atoms with E-state index in [1.807, 2.05) is 36.4 Å². The van der Waals surface area contributed by atoms with Crippen LogP contribution in [-0.2, 0) is 5.41 Å². The van der Waals surface area contributed by atoms with Gasteiger partial charge in [0.05, 0.1) is 32.9 Å². The Labute approximate surface area is 228 Å². The molecular formula is C35H23NO4. The lowest BCUT2D eigenvalue weighted by Gasteiger charge is -2.42. The molecular weight excluding hydrogens is 498 g/mol. The van der Waals surface area contributed by atoms with Crippen LogP contribution in [0.3, 0.4) is 0 Å². The summed E-state index contributed by atoms with van der Waals surface area (Å²) in [6, 6.07) is 32.9. The molecule has 0 saturated carbocycles. The number of para-hydroxylation sites is 3. The molecule has 0 N–H and O–H groups in total. The SMILES string of the molecule is CC1(C)c2ccccc2N(c2ccc3c(=O)c4cc5oc6ccccc6c(=O)c5cc4oc3c2)c2ccccc21. The lowest BCUT2D eigenvalue weighted by atomic mass is 9.73. The fourth-order valence-corrected chi connectivity index (χ4v) is 6.22. The number of benzene rings is 5. The van der Waals surface area contributed by atoms with E-state index in [4.69, 9.17) is 8.83 Å². The van der Waals surface area contributed by atoms with Crippen LogP contribution in [0.2, 0.25) is 0 Å². The van der Waals surface area contributed by atoms with Gasteiger partial charge >= 0.3 is 0 Å². The second kappa shape index (κ2) is 7.93. The predicted octanol–water partition coefficient (Wildman–Crippen LogP) is 8.31. The molecule has 5 nitrogen and oxygen atoms in total. The van der Waals surface area contributed by atoms with Crippen molar-refractivity contribution in [2.45, 2.75) is 19.3 Å². The Morgan fingerprint density at radius 1 is 0.525 bits per heavy atom. The molecule has 7 aromatic rings. The molecule has 0 saturated heterocycles. The number of fused-ring (bicyclic) bond motifs is 6. The first-order valence-electron chi connectivity index (χ1n) is 13.3. The molecule has 192 valence electrons. The summed E-state index contributed by atoms with van der Waals surface area (Å²) in [5.74, 6) is 0. The third-order valence-electron chi connectivity index (χ3n) is 8.25. The van der Waals surface area contributed by atoms with Gasteiger partial charge in [-0.05, 0) is 59.7 Å². The lowest BCUT2D eigenvalue weighted by Crippen LogP contribution is -2.30. The predicted molar refractivity (Wildman–Crippen MR) is 160 cm³/mol. The minimum absolute atomic E-state index is 0.153. The highest BCUT2D eigenvalue weighted by Crippen LogP contribution is 2.51. The summed E-state index contributed by atoms with van der Waals surface area (Å²) >= 11 is 0. The maximum atomic E-state index is 13.7. The molecule has 5 aromatic carbocycles. The zero-order valence-corrected chi connectivity index (χ0v) is 21.9. The van der Waals surface area contributed by atoms with Crippen LogP contribution >= 0.6 is 0 Å². The van der Waals surface area contributed by atoms with E-state index in [2.05, 4.69) is 55.1 Å². The van der Waals surface area contributed by atoms with Crippen LogP contribution in [-0.4, -0.2) is 0 Å². The van der Waals surface area contributed by atoms with Crippen molar-refractivity contribution in [2.24, 2.45) is 0 Å². The molecule has 40 heavy (non-hydrogen) atoms. The van der Waals surface area contributed by atoms with Crippen LogP contribution < -0.4 is 15.8 Å². The largest absolute Gasteiger partial charge is 0.456 e. The Morgan fingerprint density at radius 2 is 1.02 bits per heavy atom. The number of hydrogen-bond acceptors (Lipinski definition) is 5. The summed E-state index contributed by atoms with van der Waals surface area (Å²) in [5.41, 5.74) is 6.67. The smallest absolute Gasteiger partial charge is 0.200 e. The first kappa shape index (κ1) is 22.8. The van der Waals surface area contributed by atoms with Crippen LogP contribution in [0.4, 0.5) is 17.1 Å². The fraction of sp³-hybridized carbons (Fsp3) is 0.0857. The molecule has 1 aliphatic rings. The van der Waals surface area contributed by atoms with Gasteiger partial charge in [0.15, 0.2) is 0 Å². The van der Waals surface area contributed by atoms with Gasteiger partial charge in [-0.3, -0.25) is 9.59 Å². The highest BCUT2D eigenvalue weighted by Gasteiger charge is 2.36. The molecule has 5 heteroatoms. The van der Waals surface area contributed by atoms with Crippen LogP contribution in [0.15, 0.2) is 122 Å². The maximum Gasteiger partial charge on any atom is 0.200 e. The summed E-state index contributed by atoms with van der Waals surface area (Å²) < 4.78 is 12.3. The van der Waals surface area contributed by atoms with Gasteiger partial charge in [-0.2, -0.15) is 0 Å². The summed E-state index contributed by atoms with van der Waals surface area (Å²) in [7, 11) is 0. The van der Waals surface area contributed by atoms with Gasteiger partial charge in [0.25, 0.3) is 0 Å². The molecule has 3 heterocycles. The number of hydrogen-bond donors (Lipinski definition) is 0. The Hall–Kier alpha value is -5.16. The van der Waals surface area contributed by atoms with E-state index in [1.165, 1.54) is 11.1 Å². The zero-order valence-electron chi connectivity index (χ0n) is 21.9. The van der Waals surface area contributed by atoms with Gasteiger partial charge in [-0.15, -0.1) is 0 Å². The average Bonchev–Trinajstić information content (AvgIpc) is 2.97. The van der Waals surface area contributed by atoms with Crippen molar-refractivity contribution in [3.8, 4) is 0 Å². The minimum atomic E-state index is -0.171. The Bertz CT molecular complexity index is 2260. The Morgan fingerprint density at radius 3 is 1.68 bits per heavy atom. The molecule has 0 unspecified atom stereocenters. The van der Waals surface area contributed by atoms with E-state index in [-0.39, 0.29) is 16.3 Å². The molecule has 2 aromatic heterocycles. The molecule has 1 aliphatic heterocycles. The second-order valence-electron chi connectivity index (χ2n) is 10.9. The molecule has 0 spiro atoms. The molecule has 0 amide bonds. The molecule has 0 aliphatic carbocycles. The third-order valence-corrected chi connectivity index (χ3v) is 8.25. The number of nitrogens with zero attached hydrogens (tertiary/aromatic N) is 1. The lowest BCUT2D eigenvalue weighted by molar-refractivity contribution is 0.631. The van der Waals surface area contributed by atoms with Crippen molar-refractivity contribution in [2.75, 3.05) is 4.90 Å². The van der Waals surface area contributed by atoms with Gasteiger partial charge in [0.2, 0.25) is 10.9 Å². The van der Waals surface area contributed by atoms with Crippen LogP contribution in [0.25, 0.3) is 43.9 Å². The highest BCUT2D eigenvalue weighted by molar-refractivity contribution is 6.01. The molecule has 0 fully saturated rings. The van der Waals surface area contributed by atoms with Gasteiger partial charge < -0.3 is 13.7 Å². The van der Waals surface area contributed by atoms with Crippen molar-refractivity contribution in [1.82, 2.24) is 0 Å². The minimum Gasteiger partial charge on any atom is -0.456 e. The summed E-state index contributed by atoms with van der Waals surface area (Å²) in [4.78, 5) is 29.1. The first-order chi connectivity index (χ1) is 19.4. The van der Waals surface area contributed by atoms with Crippen LogP contribution in [0, 0.1) is 0 Å². The molecule has 8 rings (SSSR count). The topological polar surface area (TPSA) is 63.7 Å². The van der Waals surface area contributed by atoms with Crippen molar-refractivity contribution in [3.63, 3.8) is 0 Å². The standard InChI is InChI=1S/C35H23NO4/c1-35(2)25-10-4-6-12-27(25)36(28-13-7-5-11-26(28)35)20-15-16-22-30(17-20)40-32-19-23-31(18-24(32)34(22)38)39-29-14-8-3-9-21(29)33(23)37/h3-19H,1-2H3. The fourth-order valence-electron chi connectivity index (χ4n) is 6.22. The summed E-state index contributed by atoms with van der Waals surface area (Å²) in [5, 5.41) is 1.72.